The Morgan fingerprint density at radius 2 is 2.07 bits per heavy atom. The zero-order chi connectivity index (χ0) is 10.4. The first-order valence-corrected chi connectivity index (χ1v) is 5.60. The number of hydrogen-bond acceptors (Lipinski definition) is 3. The Morgan fingerprint density at radius 1 is 1.36 bits per heavy atom. The van der Waals surface area contributed by atoms with Crippen LogP contribution in [0.4, 0.5) is 0 Å². The van der Waals surface area contributed by atoms with Crippen LogP contribution in [-0.4, -0.2) is 38.5 Å². The van der Waals surface area contributed by atoms with Crippen molar-refractivity contribution in [3.8, 4) is 0 Å². The van der Waals surface area contributed by atoms with E-state index in [9.17, 15) is 0 Å². The number of ether oxygens (including phenoxy) is 2. The first-order chi connectivity index (χ1) is 6.72. The van der Waals surface area contributed by atoms with Crippen LogP contribution < -0.4 is 5.32 Å². The highest BCUT2D eigenvalue weighted by molar-refractivity contribution is 4.73. The molecule has 1 N–H and O–H groups in total. The molecule has 0 saturated heterocycles. The Morgan fingerprint density at radius 3 is 2.50 bits per heavy atom. The lowest BCUT2D eigenvalue weighted by Crippen LogP contribution is -2.39. The number of rotatable bonds is 7. The van der Waals surface area contributed by atoms with E-state index >= 15 is 0 Å². The molecule has 1 unspecified atom stereocenters. The molecule has 0 aromatic carbocycles. The van der Waals surface area contributed by atoms with Crippen molar-refractivity contribution in [1.29, 1.82) is 0 Å². The molecule has 1 atom stereocenters. The van der Waals surface area contributed by atoms with Gasteiger partial charge < -0.3 is 14.8 Å². The second-order valence-electron chi connectivity index (χ2n) is 4.33. The molecule has 1 fully saturated rings. The lowest BCUT2D eigenvalue weighted by atomic mass is 9.96. The Balaban J connectivity index is 2.15. The van der Waals surface area contributed by atoms with E-state index in [0.717, 1.165) is 6.54 Å². The minimum atomic E-state index is 0.215. The van der Waals surface area contributed by atoms with Crippen molar-refractivity contribution in [2.45, 2.75) is 51.4 Å². The average molecular weight is 201 g/mol. The van der Waals surface area contributed by atoms with Gasteiger partial charge in [-0.1, -0.05) is 13.8 Å². The van der Waals surface area contributed by atoms with E-state index in [4.69, 9.17) is 9.47 Å². The molecule has 14 heavy (non-hydrogen) atoms. The fourth-order valence-electron chi connectivity index (χ4n) is 1.48. The van der Waals surface area contributed by atoms with E-state index in [0.29, 0.717) is 18.8 Å². The van der Waals surface area contributed by atoms with Crippen molar-refractivity contribution in [2.75, 3.05) is 20.3 Å². The van der Waals surface area contributed by atoms with Crippen molar-refractivity contribution in [3.63, 3.8) is 0 Å². The van der Waals surface area contributed by atoms with Gasteiger partial charge in [-0.2, -0.15) is 0 Å². The van der Waals surface area contributed by atoms with Gasteiger partial charge in [0.25, 0.3) is 0 Å². The van der Waals surface area contributed by atoms with Crippen LogP contribution in [-0.2, 0) is 9.47 Å². The largest absolute Gasteiger partial charge is 0.382 e. The maximum atomic E-state index is 5.89. The van der Waals surface area contributed by atoms with Gasteiger partial charge in [-0.25, -0.2) is 0 Å². The van der Waals surface area contributed by atoms with Crippen LogP contribution in [0, 0.1) is 0 Å². The van der Waals surface area contributed by atoms with E-state index in [1.165, 1.54) is 19.3 Å². The van der Waals surface area contributed by atoms with Crippen LogP contribution in [0.15, 0.2) is 0 Å². The van der Waals surface area contributed by atoms with Gasteiger partial charge in [0, 0.05) is 19.7 Å². The molecule has 0 aromatic heterocycles. The number of methoxy groups -OCH3 is 1. The fraction of sp³-hybridized carbons (Fsp3) is 1.00. The second-order valence-corrected chi connectivity index (χ2v) is 4.33. The van der Waals surface area contributed by atoms with Crippen LogP contribution in [0.3, 0.4) is 0 Å². The third kappa shape index (κ3) is 4.40. The summed E-state index contributed by atoms with van der Waals surface area (Å²) in [6, 6.07) is 0.513. The van der Waals surface area contributed by atoms with Crippen LogP contribution in [0.2, 0.25) is 0 Å². The normalized spacial score (nSPS) is 19.7. The highest BCUT2D eigenvalue weighted by Gasteiger charge is 2.22. The van der Waals surface area contributed by atoms with Crippen molar-refractivity contribution in [1.82, 2.24) is 5.32 Å². The van der Waals surface area contributed by atoms with E-state index in [1.807, 2.05) is 0 Å². The van der Waals surface area contributed by atoms with Gasteiger partial charge in [-0.05, 0) is 19.3 Å². The molecule has 0 radical (unpaired) electrons. The van der Waals surface area contributed by atoms with Crippen molar-refractivity contribution in [3.05, 3.63) is 0 Å². The molecule has 1 aliphatic carbocycles. The third-order valence-electron chi connectivity index (χ3n) is 2.54. The van der Waals surface area contributed by atoms with Gasteiger partial charge in [0.2, 0.25) is 0 Å². The van der Waals surface area contributed by atoms with Crippen molar-refractivity contribution >= 4 is 0 Å². The maximum Gasteiger partial charge on any atom is 0.0936 e. The summed E-state index contributed by atoms with van der Waals surface area (Å²) in [5, 5.41) is 3.38. The molecule has 3 nitrogen and oxygen atoms in total. The molecule has 0 heterocycles. The summed E-state index contributed by atoms with van der Waals surface area (Å²) in [7, 11) is 1.73. The summed E-state index contributed by atoms with van der Waals surface area (Å²) in [5.74, 6) is 0. The van der Waals surface area contributed by atoms with Crippen LogP contribution in [0.5, 0.6) is 0 Å². The smallest absolute Gasteiger partial charge is 0.0936 e. The molecule has 1 rings (SSSR count). The van der Waals surface area contributed by atoms with Crippen molar-refractivity contribution in [2.24, 2.45) is 0 Å². The molecule has 1 saturated carbocycles. The molecule has 0 bridgehead atoms. The monoisotopic (exact) mass is 201 g/mol. The predicted molar refractivity (Wildman–Crippen MR) is 57.5 cm³/mol. The van der Waals surface area contributed by atoms with Crippen LogP contribution >= 0.6 is 0 Å². The zero-order valence-electron chi connectivity index (χ0n) is 9.58. The first-order valence-electron chi connectivity index (χ1n) is 5.60. The second kappa shape index (κ2) is 6.38. The van der Waals surface area contributed by atoms with Gasteiger partial charge in [0.05, 0.1) is 18.8 Å². The summed E-state index contributed by atoms with van der Waals surface area (Å²) in [6.07, 6.45) is 4.47. The molecular weight excluding hydrogens is 178 g/mol. The van der Waals surface area contributed by atoms with Crippen molar-refractivity contribution < 1.29 is 9.47 Å². The Bertz CT molecular complexity index is 146. The predicted octanol–water partition coefficient (Wildman–Crippen LogP) is 1.57. The quantitative estimate of drug-likeness (QED) is 0.678. The Hall–Kier alpha value is -0.120. The van der Waals surface area contributed by atoms with E-state index in [2.05, 4.69) is 19.2 Å². The average Bonchev–Trinajstić information content (AvgIpc) is 2.06. The van der Waals surface area contributed by atoms with Gasteiger partial charge in [0.15, 0.2) is 0 Å². The SMILES string of the molecule is COCC(CNC(C)C)OC1CCC1. The first kappa shape index (κ1) is 12.0. The highest BCUT2D eigenvalue weighted by atomic mass is 16.5. The molecule has 84 valence electrons. The molecule has 3 heteroatoms. The van der Waals surface area contributed by atoms with E-state index in [1.54, 1.807) is 7.11 Å². The van der Waals surface area contributed by atoms with Gasteiger partial charge in [0.1, 0.15) is 0 Å². The van der Waals surface area contributed by atoms with E-state index < -0.39 is 0 Å². The highest BCUT2D eigenvalue weighted by Crippen LogP contribution is 2.23. The fourth-order valence-corrected chi connectivity index (χ4v) is 1.48. The molecule has 0 aromatic rings. The van der Waals surface area contributed by atoms with Crippen LogP contribution in [0.25, 0.3) is 0 Å². The van der Waals surface area contributed by atoms with Crippen LogP contribution in [0.1, 0.15) is 33.1 Å². The molecule has 1 aliphatic rings. The summed E-state index contributed by atoms with van der Waals surface area (Å²) in [6.45, 7) is 5.87. The molecule has 0 spiro atoms. The standard InChI is InChI=1S/C11H23NO2/c1-9(2)12-7-11(8-13-3)14-10-5-4-6-10/h9-12H,4-8H2,1-3H3. The maximum absolute atomic E-state index is 5.89. The summed E-state index contributed by atoms with van der Waals surface area (Å²) >= 11 is 0. The minimum Gasteiger partial charge on any atom is -0.382 e. The topological polar surface area (TPSA) is 30.5 Å². The molecule has 0 aliphatic heterocycles. The summed E-state index contributed by atoms with van der Waals surface area (Å²) in [5.41, 5.74) is 0. The molecular formula is C11H23NO2. The summed E-state index contributed by atoms with van der Waals surface area (Å²) in [4.78, 5) is 0. The lowest BCUT2D eigenvalue weighted by molar-refractivity contribution is -0.0766. The third-order valence-corrected chi connectivity index (χ3v) is 2.54. The number of nitrogens with one attached hydrogen (secondary N) is 1. The van der Waals surface area contributed by atoms with Gasteiger partial charge in [-0.15, -0.1) is 0 Å². The molecule has 0 amide bonds. The van der Waals surface area contributed by atoms with Gasteiger partial charge in [-0.3, -0.25) is 0 Å². The minimum absolute atomic E-state index is 0.215. The Labute approximate surface area is 87.2 Å². The Kier molecular flexibility index (Phi) is 5.45. The van der Waals surface area contributed by atoms with Gasteiger partial charge >= 0.3 is 0 Å². The lowest BCUT2D eigenvalue weighted by Gasteiger charge is -2.30. The number of hydrogen-bond donors (Lipinski definition) is 1. The van der Waals surface area contributed by atoms with E-state index in [-0.39, 0.29) is 6.10 Å². The summed E-state index contributed by atoms with van der Waals surface area (Å²) < 4.78 is 11.0. The zero-order valence-corrected chi connectivity index (χ0v) is 9.58.